The summed E-state index contributed by atoms with van der Waals surface area (Å²) in [6, 6.07) is 18.4. The minimum Gasteiger partial charge on any atom is -0.378 e. The topological polar surface area (TPSA) is 26.8 Å². The SMILES string of the molecule is CN1CCC[C@@H](CN(CCc2ccccc2)C(=O)c2cccc(N(C)C)c2)C1. The van der Waals surface area contributed by atoms with E-state index in [-0.39, 0.29) is 5.91 Å². The van der Waals surface area contributed by atoms with Gasteiger partial charge in [0, 0.05) is 45.0 Å². The Morgan fingerprint density at radius 2 is 1.89 bits per heavy atom. The molecule has 0 saturated carbocycles. The lowest BCUT2D eigenvalue weighted by molar-refractivity contribution is 0.0693. The van der Waals surface area contributed by atoms with E-state index < -0.39 is 0 Å². The highest BCUT2D eigenvalue weighted by atomic mass is 16.2. The summed E-state index contributed by atoms with van der Waals surface area (Å²) in [6.07, 6.45) is 3.32. The number of carbonyl (C=O) groups is 1. The monoisotopic (exact) mass is 379 g/mol. The molecule has 0 bridgehead atoms. The van der Waals surface area contributed by atoms with Crippen LogP contribution in [0.4, 0.5) is 5.69 Å². The molecule has 2 aromatic rings. The zero-order valence-corrected chi connectivity index (χ0v) is 17.5. The third-order valence-corrected chi connectivity index (χ3v) is 5.61. The quantitative estimate of drug-likeness (QED) is 0.732. The van der Waals surface area contributed by atoms with Crippen molar-refractivity contribution in [1.29, 1.82) is 0 Å². The predicted octanol–water partition coefficient (Wildman–Crippen LogP) is 3.78. The van der Waals surface area contributed by atoms with Crippen LogP contribution < -0.4 is 4.90 Å². The van der Waals surface area contributed by atoms with Gasteiger partial charge in [-0.3, -0.25) is 4.79 Å². The number of rotatable bonds is 7. The zero-order chi connectivity index (χ0) is 19.9. The van der Waals surface area contributed by atoms with E-state index in [2.05, 4.69) is 41.1 Å². The maximum Gasteiger partial charge on any atom is 0.253 e. The Bertz CT molecular complexity index is 759. The van der Waals surface area contributed by atoms with Gasteiger partial charge in [0.1, 0.15) is 0 Å². The molecular formula is C24H33N3O. The lowest BCUT2D eigenvalue weighted by atomic mass is 9.97. The first-order chi connectivity index (χ1) is 13.5. The summed E-state index contributed by atoms with van der Waals surface area (Å²) in [6.45, 7) is 3.84. The van der Waals surface area contributed by atoms with Crippen LogP contribution in [0.25, 0.3) is 0 Å². The zero-order valence-electron chi connectivity index (χ0n) is 17.5. The third-order valence-electron chi connectivity index (χ3n) is 5.61. The van der Waals surface area contributed by atoms with Gasteiger partial charge < -0.3 is 14.7 Å². The molecule has 4 heteroatoms. The second-order valence-electron chi connectivity index (χ2n) is 8.20. The second kappa shape index (κ2) is 9.74. The number of hydrogen-bond acceptors (Lipinski definition) is 3. The molecule has 0 unspecified atom stereocenters. The molecule has 1 amide bonds. The van der Waals surface area contributed by atoms with Crippen molar-refractivity contribution < 1.29 is 4.79 Å². The van der Waals surface area contributed by atoms with Gasteiger partial charge >= 0.3 is 0 Å². The van der Waals surface area contributed by atoms with E-state index in [1.807, 2.05) is 49.3 Å². The van der Waals surface area contributed by atoms with Gasteiger partial charge in [-0.1, -0.05) is 36.4 Å². The lowest BCUT2D eigenvalue weighted by Crippen LogP contribution is -2.42. The van der Waals surface area contributed by atoms with E-state index >= 15 is 0 Å². The Hall–Kier alpha value is -2.33. The number of carbonyl (C=O) groups excluding carboxylic acids is 1. The number of likely N-dealkylation sites (tertiary alicyclic amines) is 1. The summed E-state index contributed by atoms with van der Waals surface area (Å²) >= 11 is 0. The highest BCUT2D eigenvalue weighted by molar-refractivity contribution is 5.95. The van der Waals surface area contributed by atoms with Crippen LogP contribution in [0.15, 0.2) is 54.6 Å². The van der Waals surface area contributed by atoms with Crippen LogP contribution in [0.3, 0.4) is 0 Å². The molecule has 1 heterocycles. The number of hydrogen-bond donors (Lipinski definition) is 0. The highest BCUT2D eigenvalue weighted by Gasteiger charge is 2.24. The molecule has 150 valence electrons. The number of nitrogens with zero attached hydrogens (tertiary/aromatic N) is 3. The number of amides is 1. The molecule has 1 aliphatic rings. The van der Waals surface area contributed by atoms with Crippen LogP contribution >= 0.6 is 0 Å². The van der Waals surface area contributed by atoms with Crippen molar-refractivity contribution in [3.05, 3.63) is 65.7 Å². The molecule has 0 radical (unpaired) electrons. The Kier molecular flexibility index (Phi) is 7.10. The van der Waals surface area contributed by atoms with E-state index in [1.165, 1.54) is 24.9 Å². The second-order valence-corrected chi connectivity index (χ2v) is 8.20. The normalized spacial score (nSPS) is 17.3. The number of anilines is 1. The fourth-order valence-corrected chi connectivity index (χ4v) is 4.02. The molecule has 0 N–H and O–H groups in total. The molecule has 1 atom stereocenters. The number of benzene rings is 2. The van der Waals surface area contributed by atoms with Crippen molar-refractivity contribution in [2.24, 2.45) is 5.92 Å². The van der Waals surface area contributed by atoms with Crippen molar-refractivity contribution in [3.8, 4) is 0 Å². The van der Waals surface area contributed by atoms with Gasteiger partial charge in [-0.2, -0.15) is 0 Å². The van der Waals surface area contributed by atoms with Crippen LogP contribution in [0.2, 0.25) is 0 Å². The summed E-state index contributed by atoms with van der Waals surface area (Å²) < 4.78 is 0. The van der Waals surface area contributed by atoms with Gasteiger partial charge in [0.15, 0.2) is 0 Å². The fourth-order valence-electron chi connectivity index (χ4n) is 4.02. The van der Waals surface area contributed by atoms with Gasteiger partial charge in [-0.05, 0) is 62.5 Å². The van der Waals surface area contributed by atoms with Gasteiger partial charge in [0.25, 0.3) is 5.91 Å². The molecule has 2 aromatic carbocycles. The number of piperidine rings is 1. The average molecular weight is 380 g/mol. The van der Waals surface area contributed by atoms with Crippen LogP contribution in [0.1, 0.15) is 28.8 Å². The highest BCUT2D eigenvalue weighted by Crippen LogP contribution is 2.20. The molecule has 4 nitrogen and oxygen atoms in total. The maximum atomic E-state index is 13.4. The van der Waals surface area contributed by atoms with Crippen LogP contribution in [0, 0.1) is 5.92 Å². The van der Waals surface area contributed by atoms with E-state index in [9.17, 15) is 4.79 Å². The minimum absolute atomic E-state index is 0.146. The van der Waals surface area contributed by atoms with Crippen molar-refractivity contribution in [1.82, 2.24) is 9.80 Å². The van der Waals surface area contributed by atoms with Gasteiger partial charge in [0.2, 0.25) is 0 Å². The Balaban J connectivity index is 1.75. The van der Waals surface area contributed by atoms with Crippen molar-refractivity contribution in [3.63, 3.8) is 0 Å². The third kappa shape index (κ3) is 5.59. The first kappa shape index (κ1) is 20.4. The molecular weight excluding hydrogens is 346 g/mol. The molecule has 0 aliphatic carbocycles. The van der Waals surface area contributed by atoms with E-state index in [4.69, 9.17) is 0 Å². The van der Waals surface area contributed by atoms with Crippen LogP contribution in [0.5, 0.6) is 0 Å². The summed E-state index contributed by atoms with van der Waals surface area (Å²) in [5, 5.41) is 0. The molecule has 28 heavy (non-hydrogen) atoms. The van der Waals surface area contributed by atoms with Gasteiger partial charge in [-0.25, -0.2) is 0 Å². The largest absolute Gasteiger partial charge is 0.378 e. The van der Waals surface area contributed by atoms with Gasteiger partial charge in [0.05, 0.1) is 0 Å². The molecule has 0 spiro atoms. The Morgan fingerprint density at radius 3 is 2.61 bits per heavy atom. The minimum atomic E-state index is 0.146. The average Bonchev–Trinajstić information content (AvgIpc) is 2.71. The first-order valence-electron chi connectivity index (χ1n) is 10.3. The molecule has 3 rings (SSSR count). The van der Waals surface area contributed by atoms with Crippen molar-refractivity contribution in [2.75, 3.05) is 52.2 Å². The van der Waals surface area contributed by atoms with Crippen LogP contribution in [-0.4, -0.2) is 63.0 Å². The molecule has 1 aliphatic heterocycles. The predicted molar refractivity (Wildman–Crippen MR) is 117 cm³/mol. The van der Waals surface area contributed by atoms with E-state index in [0.29, 0.717) is 5.92 Å². The smallest absolute Gasteiger partial charge is 0.253 e. The first-order valence-corrected chi connectivity index (χ1v) is 10.3. The summed E-state index contributed by atoms with van der Waals surface area (Å²) in [5.74, 6) is 0.698. The Morgan fingerprint density at radius 1 is 1.11 bits per heavy atom. The fraction of sp³-hybridized carbons (Fsp3) is 0.458. The lowest BCUT2D eigenvalue weighted by Gasteiger charge is -2.34. The molecule has 1 fully saturated rings. The summed E-state index contributed by atoms with van der Waals surface area (Å²) in [4.78, 5) is 19.9. The van der Waals surface area contributed by atoms with E-state index in [0.717, 1.165) is 37.3 Å². The molecule has 0 aromatic heterocycles. The van der Waals surface area contributed by atoms with E-state index in [1.54, 1.807) is 0 Å². The van der Waals surface area contributed by atoms with Crippen molar-refractivity contribution >= 4 is 11.6 Å². The van der Waals surface area contributed by atoms with Gasteiger partial charge in [-0.15, -0.1) is 0 Å². The summed E-state index contributed by atoms with van der Waals surface area (Å²) in [7, 11) is 6.20. The Labute approximate surface area is 169 Å². The summed E-state index contributed by atoms with van der Waals surface area (Å²) in [5.41, 5.74) is 3.12. The standard InChI is InChI=1S/C24H33N3O/c1-25(2)23-13-7-12-22(17-23)24(28)27(16-14-20-9-5-4-6-10-20)19-21-11-8-15-26(3)18-21/h4-7,9-10,12-13,17,21H,8,11,14-16,18-19H2,1-3H3/t21-/m1/s1. The van der Waals surface area contributed by atoms with Crippen molar-refractivity contribution in [2.45, 2.75) is 19.3 Å². The van der Waals surface area contributed by atoms with Crippen LogP contribution in [-0.2, 0) is 6.42 Å². The maximum absolute atomic E-state index is 13.4. The molecule has 1 saturated heterocycles.